The average molecular weight is 487 g/mol. The van der Waals surface area contributed by atoms with Gasteiger partial charge in [-0.1, -0.05) is 31.2 Å². The highest BCUT2D eigenvalue weighted by Gasteiger charge is 2.19. The van der Waals surface area contributed by atoms with Crippen molar-refractivity contribution < 1.29 is 14.6 Å². The summed E-state index contributed by atoms with van der Waals surface area (Å²) in [5.41, 5.74) is 3.83. The molecule has 2 atom stereocenters. The van der Waals surface area contributed by atoms with Crippen molar-refractivity contribution >= 4 is 5.91 Å². The molecule has 1 aliphatic rings. The number of aliphatic hydroxyl groups excluding tert-OH is 1. The number of hydrogen-bond acceptors (Lipinski definition) is 5. The van der Waals surface area contributed by atoms with Crippen LogP contribution in [-0.2, 0) is 13.0 Å². The maximum atomic E-state index is 12.5. The van der Waals surface area contributed by atoms with Gasteiger partial charge in [0.05, 0.1) is 23.5 Å². The Kier molecular flexibility index (Phi) is 8.07. The van der Waals surface area contributed by atoms with Crippen LogP contribution in [0.2, 0.25) is 0 Å². The zero-order valence-electron chi connectivity index (χ0n) is 21.2. The quantitative estimate of drug-likeness (QED) is 0.451. The number of fused-ring (bicyclic) bond motifs is 1. The zero-order chi connectivity index (χ0) is 25.7. The smallest absolute Gasteiger partial charge is 0.251 e. The van der Waals surface area contributed by atoms with Gasteiger partial charge in [-0.25, -0.2) is 4.98 Å². The van der Waals surface area contributed by atoms with Gasteiger partial charge in [0.25, 0.3) is 5.91 Å². The SMILES string of the molecule is CC(C)Oc1ccc(C(=O)NCCC(O)Cc2ccc(-c3cn4c(n3)C(C)CCC4)cc2)cc1C#N. The molecule has 0 radical (unpaired) electrons. The number of nitrogens with zero attached hydrogens (tertiary/aromatic N) is 3. The van der Waals surface area contributed by atoms with E-state index in [1.54, 1.807) is 12.1 Å². The molecule has 2 N–H and O–H groups in total. The van der Waals surface area contributed by atoms with Crippen LogP contribution >= 0.6 is 0 Å². The Labute approximate surface area is 212 Å². The first-order chi connectivity index (χ1) is 17.3. The Hall–Kier alpha value is -3.63. The summed E-state index contributed by atoms with van der Waals surface area (Å²) in [5.74, 6) is 1.85. The molecular weight excluding hydrogens is 452 g/mol. The maximum Gasteiger partial charge on any atom is 0.251 e. The third-order valence-electron chi connectivity index (χ3n) is 6.49. The molecule has 1 aromatic heterocycles. The molecule has 188 valence electrons. The summed E-state index contributed by atoms with van der Waals surface area (Å²) in [5, 5.41) is 22.7. The lowest BCUT2D eigenvalue weighted by atomic mass is 10.0. The van der Waals surface area contributed by atoms with Gasteiger partial charge < -0.3 is 19.7 Å². The molecule has 0 bridgehead atoms. The first-order valence-corrected chi connectivity index (χ1v) is 12.7. The monoisotopic (exact) mass is 486 g/mol. The molecule has 2 heterocycles. The molecule has 2 aromatic carbocycles. The molecular formula is C29H34N4O3. The summed E-state index contributed by atoms with van der Waals surface area (Å²) in [6.07, 6.45) is 4.83. The summed E-state index contributed by atoms with van der Waals surface area (Å²) in [6, 6.07) is 15.1. The van der Waals surface area contributed by atoms with E-state index in [1.807, 2.05) is 26.0 Å². The molecule has 1 amide bonds. The van der Waals surface area contributed by atoms with Gasteiger partial charge in [-0.15, -0.1) is 0 Å². The number of benzene rings is 2. The normalized spacial score (nSPS) is 15.7. The number of ether oxygens (including phenoxy) is 1. The maximum absolute atomic E-state index is 12.5. The number of carbonyl (C=O) groups is 1. The summed E-state index contributed by atoms with van der Waals surface area (Å²) >= 11 is 0. The van der Waals surface area contributed by atoms with E-state index in [2.05, 4.69) is 41.2 Å². The summed E-state index contributed by atoms with van der Waals surface area (Å²) < 4.78 is 7.87. The minimum atomic E-state index is -0.576. The van der Waals surface area contributed by atoms with Crippen molar-refractivity contribution in [3.05, 3.63) is 71.2 Å². The first-order valence-electron chi connectivity index (χ1n) is 12.7. The number of imidazole rings is 1. The van der Waals surface area contributed by atoms with Gasteiger partial charge in [0.2, 0.25) is 0 Å². The van der Waals surface area contributed by atoms with Crippen LogP contribution in [0.1, 0.15) is 73.3 Å². The lowest BCUT2D eigenvalue weighted by molar-refractivity contribution is 0.0943. The van der Waals surface area contributed by atoms with Gasteiger partial charge in [-0.2, -0.15) is 5.26 Å². The molecule has 4 rings (SSSR count). The molecule has 36 heavy (non-hydrogen) atoms. The number of aromatic nitrogens is 2. The van der Waals surface area contributed by atoms with Crippen LogP contribution in [-0.4, -0.2) is 39.3 Å². The molecule has 2 unspecified atom stereocenters. The van der Waals surface area contributed by atoms with Gasteiger partial charge in [-0.05, 0) is 63.3 Å². The standard InChI is InChI=1S/C29H34N4O3/c1-19(2)36-27-11-10-23(16-24(27)17-30)29(35)31-13-12-25(34)15-21-6-8-22(9-7-21)26-18-33-14-4-5-20(3)28(33)32-26/h6-11,16,18-20,25,34H,4-5,12-15H2,1-3H3,(H,31,35). The minimum absolute atomic E-state index is 0.0608. The van der Waals surface area contributed by atoms with E-state index < -0.39 is 6.10 Å². The molecule has 0 fully saturated rings. The van der Waals surface area contributed by atoms with Crippen molar-refractivity contribution in [1.29, 1.82) is 5.26 Å². The molecule has 0 spiro atoms. The highest BCUT2D eigenvalue weighted by Crippen LogP contribution is 2.29. The average Bonchev–Trinajstić information content (AvgIpc) is 3.30. The van der Waals surface area contributed by atoms with Crippen LogP contribution in [0.5, 0.6) is 5.75 Å². The van der Waals surface area contributed by atoms with E-state index in [1.165, 1.54) is 24.7 Å². The van der Waals surface area contributed by atoms with E-state index in [0.717, 1.165) is 23.4 Å². The van der Waals surface area contributed by atoms with Crippen LogP contribution in [0.25, 0.3) is 11.3 Å². The van der Waals surface area contributed by atoms with Gasteiger partial charge in [0.1, 0.15) is 17.6 Å². The molecule has 0 saturated carbocycles. The predicted octanol–water partition coefficient (Wildman–Crippen LogP) is 4.83. The first kappa shape index (κ1) is 25.5. The molecule has 7 heteroatoms. The molecule has 3 aromatic rings. The van der Waals surface area contributed by atoms with Crippen molar-refractivity contribution in [1.82, 2.24) is 14.9 Å². The second-order valence-electron chi connectivity index (χ2n) is 9.81. The van der Waals surface area contributed by atoms with Crippen LogP contribution in [0.3, 0.4) is 0 Å². The third-order valence-corrected chi connectivity index (χ3v) is 6.49. The minimum Gasteiger partial charge on any atom is -0.490 e. The number of carbonyl (C=O) groups excluding carboxylic acids is 1. The highest BCUT2D eigenvalue weighted by atomic mass is 16.5. The second kappa shape index (κ2) is 11.4. The van der Waals surface area contributed by atoms with Crippen molar-refractivity contribution in [3.8, 4) is 23.1 Å². The topological polar surface area (TPSA) is 100 Å². The summed E-state index contributed by atoms with van der Waals surface area (Å²) in [7, 11) is 0. The molecule has 7 nitrogen and oxygen atoms in total. The second-order valence-corrected chi connectivity index (χ2v) is 9.81. The van der Waals surface area contributed by atoms with Crippen LogP contribution < -0.4 is 10.1 Å². The lowest BCUT2D eigenvalue weighted by Crippen LogP contribution is -2.27. The van der Waals surface area contributed by atoms with Gasteiger partial charge >= 0.3 is 0 Å². The fourth-order valence-corrected chi connectivity index (χ4v) is 4.59. The van der Waals surface area contributed by atoms with E-state index in [4.69, 9.17) is 9.72 Å². The van der Waals surface area contributed by atoms with E-state index in [-0.39, 0.29) is 12.0 Å². The van der Waals surface area contributed by atoms with Crippen molar-refractivity contribution in [3.63, 3.8) is 0 Å². The fraction of sp³-hybridized carbons (Fsp3) is 0.414. The van der Waals surface area contributed by atoms with Crippen molar-refractivity contribution in [2.75, 3.05) is 6.54 Å². The van der Waals surface area contributed by atoms with Crippen LogP contribution in [0, 0.1) is 11.3 Å². The summed E-state index contributed by atoms with van der Waals surface area (Å²) in [4.78, 5) is 17.4. The van der Waals surface area contributed by atoms with E-state index in [9.17, 15) is 15.2 Å². The van der Waals surface area contributed by atoms with Crippen LogP contribution in [0.4, 0.5) is 0 Å². The Morgan fingerprint density at radius 1 is 1.28 bits per heavy atom. The Morgan fingerprint density at radius 3 is 2.75 bits per heavy atom. The Morgan fingerprint density at radius 2 is 2.06 bits per heavy atom. The number of amides is 1. The van der Waals surface area contributed by atoms with Gasteiger partial charge in [0, 0.05) is 36.3 Å². The van der Waals surface area contributed by atoms with Gasteiger partial charge in [-0.3, -0.25) is 4.79 Å². The number of nitrogens with one attached hydrogen (secondary N) is 1. The third kappa shape index (κ3) is 6.13. The molecule has 0 aliphatic carbocycles. The zero-order valence-corrected chi connectivity index (χ0v) is 21.2. The van der Waals surface area contributed by atoms with E-state index in [0.29, 0.717) is 42.2 Å². The fourth-order valence-electron chi connectivity index (χ4n) is 4.59. The van der Waals surface area contributed by atoms with Crippen molar-refractivity contribution in [2.24, 2.45) is 0 Å². The van der Waals surface area contributed by atoms with Crippen LogP contribution in [0.15, 0.2) is 48.7 Å². The Bertz CT molecular complexity index is 1240. The molecule has 0 saturated heterocycles. The Balaban J connectivity index is 1.27. The number of hydrogen-bond donors (Lipinski definition) is 2. The van der Waals surface area contributed by atoms with Gasteiger partial charge in [0.15, 0.2) is 0 Å². The number of nitriles is 1. The van der Waals surface area contributed by atoms with E-state index >= 15 is 0 Å². The lowest BCUT2D eigenvalue weighted by Gasteiger charge is -2.19. The number of aliphatic hydroxyl groups is 1. The summed E-state index contributed by atoms with van der Waals surface area (Å²) in [6.45, 7) is 7.37. The number of aryl methyl sites for hydroxylation is 1. The molecule has 1 aliphatic heterocycles. The predicted molar refractivity (Wildman–Crippen MR) is 139 cm³/mol. The number of rotatable bonds is 9. The highest BCUT2D eigenvalue weighted by molar-refractivity contribution is 5.94. The van der Waals surface area contributed by atoms with Crippen molar-refractivity contribution in [2.45, 2.75) is 71.1 Å². The largest absolute Gasteiger partial charge is 0.490 e.